The highest BCUT2D eigenvalue weighted by Crippen LogP contribution is 2.29. The number of hydrogen-bond donors (Lipinski definition) is 2. The first-order valence-electron chi connectivity index (χ1n) is 4.73. The third-order valence-corrected chi connectivity index (χ3v) is 2.25. The van der Waals surface area contributed by atoms with Crippen molar-refractivity contribution in [3.63, 3.8) is 0 Å². The van der Waals surface area contributed by atoms with E-state index in [9.17, 15) is 10.2 Å². The van der Waals surface area contributed by atoms with Crippen molar-refractivity contribution in [3.8, 4) is 11.5 Å². The molecule has 0 heterocycles. The molecule has 0 atom stereocenters. The highest BCUT2D eigenvalue weighted by atomic mass is 16.3. The SMILES string of the molecule is Oc1cc[c]c(Cc2ccccc2)c1O. The Labute approximate surface area is 88.4 Å². The van der Waals surface area contributed by atoms with Crippen molar-refractivity contribution in [1.29, 1.82) is 0 Å². The second kappa shape index (κ2) is 4.05. The van der Waals surface area contributed by atoms with E-state index in [0.717, 1.165) is 5.56 Å². The molecule has 0 unspecified atom stereocenters. The molecule has 0 bridgehead atoms. The lowest BCUT2D eigenvalue weighted by molar-refractivity contribution is 0.400. The molecule has 0 fully saturated rings. The van der Waals surface area contributed by atoms with Crippen LogP contribution in [0, 0.1) is 6.07 Å². The number of hydrogen-bond acceptors (Lipinski definition) is 2. The summed E-state index contributed by atoms with van der Waals surface area (Å²) in [5.41, 5.74) is 1.69. The summed E-state index contributed by atoms with van der Waals surface area (Å²) in [7, 11) is 0. The van der Waals surface area contributed by atoms with E-state index in [1.165, 1.54) is 6.07 Å². The maximum Gasteiger partial charge on any atom is 0.161 e. The molecule has 0 aliphatic rings. The Bertz CT molecular complexity index is 449. The molecular formula is C13H11O2. The molecule has 0 aliphatic heterocycles. The van der Waals surface area contributed by atoms with Gasteiger partial charge >= 0.3 is 0 Å². The van der Waals surface area contributed by atoms with Crippen LogP contribution >= 0.6 is 0 Å². The topological polar surface area (TPSA) is 40.5 Å². The first-order chi connectivity index (χ1) is 7.27. The molecule has 1 radical (unpaired) electrons. The standard InChI is InChI=1S/C13H11O2/c14-12-8-4-7-11(13(12)15)9-10-5-2-1-3-6-10/h1-6,8,14-15H,9H2. The average molecular weight is 199 g/mol. The van der Waals surface area contributed by atoms with Crippen LogP contribution in [-0.2, 0) is 6.42 Å². The normalized spacial score (nSPS) is 10.1. The molecule has 2 aromatic rings. The third kappa shape index (κ3) is 2.10. The van der Waals surface area contributed by atoms with Gasteiger partial charge in [-0.1, -0.05) is 36.4 Å². The fourth-order valence-corrected chi connectivity index (χ4v) is 1.46. The lowest BCUT2D eigenvalue weighted by Gasteiger charge is -2.05. The van der Waals surface area contributed by atoms with Crippen LogP contribution in [0.3, 0.4) is 0 Å². The van der Waals surface area contributed by atoms with Crippen LogP contribution in [0.15, 0.2) is 42.5 Å². The van der Waals surface area contributed by atoms with Gasteiger partial charge in [0.25, 0.3) is 0 Å². The molecule has 2 nitrogen and oxygen atoms in total. The van der Waals surface area contributed by atoms with Crippen LogP contribution in [0.1, 0.15) is 11.1 Å². The van der Waals surface area contributed by atoms with E-state index in [1.807, 2.05) is 30.3 Å². The molecule has 0 spiro atoms. The summed E-state index contributed by atoms with van der Waals surface area (Å²) in [4.78, 5) is 0. The van der Waals surface area contributed by atoms with Crippen LogP contribution < -0.4 is 0 Å². The van der Waals surface area contributed by atoms with Gasteiger partial charge in [-0.3, -0.25) is 0 Å². The summed E-state index contributed by atoms with van der Waals surface area (Å²) >= 11 is 0. The number of phenols is 2. The quantitative estimate of drug-likeness (QED) is 0.729. The van der Waals surface area contributed by atoms with E-state index in [0.29, 0.717) is 12.0 Å². The Kier molecular flexibility index (Phi) is 2.59. The minimum atomic E-state index is -0.0975. The Balaban J connectivity index is 2.29. The molecule has 75 valence electrons. The fraction of sp³-hybridized carbons (Fsp3) is 0.0769. The van der Waals surface area contributed by atoms with E-state index in [-0.39, 0.29) is 11.5 Å². The van der Waals surface area contributed by atoms with Gasteiger partial charge in [0, 0.05) is 12.0 Å². The molecule has 0 saturated heterocycles. The van der Waals surface area contributed by atoms with Crippen molar-refractivity contribution in [1.82, 2.24) is 0 Å². The summed E-state index contributed by atoms with van der Waals surface area (Å²) in [5, 5.41) is 18.9. The second-order valence-corrected chi connectivity index (χ2v) is 3.35. The molecule has 2 heteroatoms. The van der Waals surface area contributed by atoms with E-state index >= 15 is 0 Å². The Morgan fingerprint density at radius 1 is 1.00 bits per heavy atom. The molecule has 0 aromatic heterocycles. The maximum absolute atomic E-state index is 9.58. The summed E-state index contributed by atoms with van der Waals surface area (Å²) in [6.07, 6.45) is 0.571. The van der Waals surface area contributed by atoms with Crippen LogP contribution in [0.5, 0.6) is 11.5 Å². The van der Waals surface area contributed by atoms with Crippen LogP contribution in [-0.4, -0.2) is 10.2 Å². The predicted octanol–water partition coefficient (Wildman–Crippen LogP) is 2.49. The Hall–Kier alpha value is -1.96. The molecule has 2 N–H and O–H groups in total. The first-order valence-corrected chi connectivity index (χ1v) is 4.73. The zero-order chi connectivity index (χ0) is 10.7. The van der Waals surface area contributed by atoms with E-state index in [2.05, 4.69) is 6.07 Å². The van der Waals surface area contributed by atoms with Gasteiger partial charge in [-0.15, -0.1) is 0 Å². The number of rotatable bonds is 2. The van der Waals surface area contributed by atoms with Crippen molar-refractivity contribution < 1.29 is 10.2 Å². The number of aromatic hydroxyl groups is 2. The Morgan fingerprint density at radius 2 is 1.73 bits per heavy atom. The minimum absolute atomic E-state index is 0.0821. The summed E-state index contributed by atoms with van der Waals surface area (Å²) < 4.78 is 0. The van der Waals surface area contributed by atoms with E-state index < -0.39 is 0 Å². The third-order valence-electron chi connectivity index (χ3n) is 2.25. The number of phenolic OH excluding ortho intramolecular Hbond substituents is 2. The van der Waals surface area contributed by atoms with Crippen molar-refractivity contribution >= 4 is 0 Å². The maximum atomic E-state index is 9.58. The number of benzene rings is 2. The van der Waals surface area contributed by atoms with Gasteiger partial charge in [0.1, 0.15) is 0 Å². The molecule has 15 heavy (non-hydrogen) atoms. The molecule has 0 saturated carbocycles. The van der Waals surface area contributed by atoms with Gasteiger partial charge in [-0.05, 0) is 17.7 Å². The fourth-order valence-electron chi connectivity index (χ4n) is 1.46. The molecule has 0 amide bonds. The van der Waals surface area contributed by atoms with Gasteiger partial charge < -0.3 is 10.2 Å². The van der Waals surface area contributed by atoms with Crippen molar-refractivity contribution in [2.24, 2.45) is 0 Å². The zero-order valence-electron chi connectivity index (χ0n) is 8.14. The van der Waals surface area contributed by atoms with Crippen molar-refractivity contribution in [2.45, 2.75) is 6.42 Å². The van der Waals surface area contributed by atoms with Gasteiger partial charge in [0.05, 0.1) is 0 Å². The highest BCUT2D eigenvalue weighted by molar-refractivity contribution is 5.45. The molecular weight excluding hydrogens is 188 g/mol. The Morgan fingerprint density at radius 3 is 2.47 bits per heavy atom. The van der Waals surface area contributed by atoms with E-state index in [1.54, 1.807) is 6.07 Å². The van der Waals surface area contributed by atoms with Gasteiger partial charge in [0.2, 0.25) is 0 Å². The largest absolute Gasteiger partial charge is 0.504 e. The monoisotopic (exact) mass is 199 g/mol. The highest BCUT2D eigenvalue weighted by Gasteiger charge is 2.06. The lowest BCUT2D eigenvalue weighted by Crippen LogP contribution is -1.88. The lowest BCUT2D eigenvalue weighted by atomic mass is 10.0. The van der Waals surface area contributed by atoms with Gasteiger partial charge in [-0.2, -0.15) is 0 Å². The van der Waals surface area contributed by atoms with E-state index in [4.69, 9.17) is 0 Å². The summed E-state index contributed by atoms with van der Waals surface area (Å²) in [6.45, 7) is 0. The summed E-state index contributed by atoms with van der Waals surface area (Å²) in [5.74, 6) is -0.180. The predicted molar refractivity (Wildman–Crippen MR) is 57.9 cm³/mol. The molecule has 0 aliphatic carbocycles. The molecule has 2 rings (SSSR count). The first kappa shape index (κ1) is 9.59. The molecule has 2 aromatic carbocycles. The van der Waals surface area contributed by atoms with Crippen molar-refractivity contribution in [3.05, 3.63) is 59.7 Å². The van der Waals surface area contributed by atoms with Crippen LogP contribution in [0.4, 0.5) is 0 Å². The zero-order valence-corrected chi connectivity index (χ0v) is 8.14. The van der Waals surface area contributed by atoms with Crippen LogP contribution in [0.2, 0.25) is 0 Å². The van der Waals surface area contributed by atoms with Gasteiger partial charge in [-0.25, -0.2) is 0 Å². The second-order valence-electron chi connectivity index (χ2n) is 3.35. The van der Waals surface area contributed by atoms with Crippen molar-refractivity contribution in [2.75, 3.05) is 0 Å². The summed E-state index contributed by atoms with van der Waals surface area (Å²) in [6, 6.07) is 15.7. The average Bonchev–Trinajstić information content (AvgIpc) is 2.26. The smallest absolute Gasteiger partial charge is 0.161 e. The minimum Gasteiger partial charge on any atom is -0.504 e. The van der Waals surface area contributed by atoms with Crippen LogP contribution in [0.25, 0.3) is 0 Å². The van der Waals surface area contributed by atoms with Gasteiger partial charge in [0.15, 0.2) is 11.5 Å².